The van der Waals surface area contributed by atoms with Crippen LogP contribution in [0, 0.1) is 19.7 Å². The zero-order valence-corrected chi connectivity index (χ0v) is 12.0. The highest BCUT2D eigenvalue weighted by Crippen LogP contribution is 2.27. The molecule has 2 aromatic rings. The van der Waals surface area contributed by atoms with Crippen molar-refractivity contribution in [2.75, 3.05) is 0 Å². The molecule has 0 fully saturated rings. The Morgan fingerprint density at radius 3 is 2.40 bits per heavy atom. The van der Waals surface area contributed by atoms with Crippen molar-refractivity contribution in [3.63, 3.8) is 0 Å². The summed E-state index contributed by atoms with van der Waals surface area (Å²) in [6.45, 7) is 6.07. The molecule has 0 aliphatic carbocycles. The van der Waals surface area contributed by atoms with Crippen LogP contribution < -0.4 is 4.74 Å². The van der Waals surface area contributed by atoms with Crippen molar-refractivity contribution in [1.82, 2.24) is 0 Å². The molecule has 0 saturated carbocycles. The van der Waals surface area contributed by atoms with Gasteiger partial charge in [0.2, 0.25) is 0 Å². The molecule has 2 rings (SSSR count). The summed E-state index contributed by atoms with van der Waals surface area (Å²) in [7, 11) is 0. The Hall–Kier alpha value is -1.87. The van der Waals surface area contributed by atoms with Gasteiger partial charge < -0.3 is 9.84 Å². The van der Waals surface area contributed by atoms with E-state index in [1.807, 2.05) is 32.0 Å². The largest absolute Gasteiger partial charge is 0.488 e. The van der Waals surface area contributed by atoms with Crippen LogP contribution in [0.2, 0.25) is 0 Å². The molecular weight excluding hydrogens is 255 g/mol. The molecule has 0 unspecified atom stereocenters. The highest BCUT2D eigenvalue weighted by Gasteiger charge is 2.11. The lowest BCUT2D eigenvalue weighted by Crippen LogP contribution is -2.04. The second-order valence-corrected chi connectivity index (χ2v) is 5.02. The summed E-state index contributed by atoms with van der Waals surface area (Å²) in [6, 6.07) is 10.3. The Balaban J connectivity index is 2.23. The van der Waals surface area contributed by atoms with E-state index in [1.54, 1.807) is 13.0 Å². The molecule has 0 aliphatic heterocycles. The van der Waals surface area contributed by atoms with Crippen LogP contribution in [0.3, 0.4) is 0 Å². The summed E-state index contributed by atoms with van der Waals surface area (Å²) in [6.07, 6.45) is -0.765. The molecule has 2 nitrogen and oxygen atoms in total. The van der Waals surface area contributed by atoms with Gasteiger partial charge in [-0.1, -0.05) is 18.2 Å². The third-order valence-corrected chi connectivity index (χ3v) is 3.44. The lowest BCUT2D eigenvalue weighted by molar-refractivity contribution is 0.189. The maximum atomic E-state index is 13.2. The molecule has 1 atom stereocenters. The minimum absolute atomic E-state index is 0.375. The Kier molecular flexibility index (Phi) is 4.40. The van der Waals surface area contributed by atoms with Crippen molar-refractivity contribution in [3.8, 4) is 5.75 Å². The normalized spacial score (nSPS) is 12.2. The van der Waals surface area contributed by atoms with Crippen LogP contribution in [0.15, 0.2) is 36.4 Å². The Labute approximate surface area is 118 Å². The topological polar surface area (TPSA) is 29.5 Å². The average Bonchev–Trinajstić information content (AvgIpc) is 2.39. The van der Waals surface area contributed by atoms with Crippen molar-refractivity contribution in [2.45, 2.75) is 33.5 Å². The van der Waals surface area contributed by atoms with Crippen LogP contribution in [-0.4, -0.2) is 5.11 Å². The Morgan fingerprint density at radius 1 is 1.15 bits per heavy atom. The minimum atomic E-state index is -0.765. The van der Waals surface area contributed by atoms with Crippen molar-refractivity contribution in [3.05, 3.63) is 64.5 Å². The average molecular weight is 274 g/mol. The standard InChI is InChI=1S/C17H19FO2/c1-11-5-4-6-12(2)16(11)10-20-17-8-7-14(18)9-15(17)13(3)19/h4-9,13,19H,10H2,1-3H3/t13-/m0/s1. The van der Waals surface area contributed by atoms with Gasteiger partial charge in [0.15, 0.2) is 0 Å². The van der Waals surface area contributed by atoms with E-state index in [-0.39, 0.29) is 5.82 Å². The van der Waals surface area contributed by atoms with E-state index in [2.05, 4.69) is 0 Å². The van der Waals surface area contributed by atoms with Gasteiger partial charge in [-0.25, -0.2) is 4.39 Å². The van der Waals surface area contributed by atoms with E-state index in [4.69, 9.17) is 4.74 Å². The summed E-state index contributed by atoms with van der Waals surface area (Å²) in [5, 5.41) is 9.69. The zero-order valence-electron chi connectivity index (χ0n) is 12.0. The van der Waals surface area contributed by atoms with Crippen molar-refractivity contribution >= 4 is 0 Å². The van der Waals surface area contributed by atoms with E-state index in [0.717, 1.165) is 16.7 Å². The maximum absolute atomic E-state index is 13.2. The highest BCUT2D eigenvalue weighted by molar-refractivity contribution is 5.37. The minimum Gasteiger partial charge on any atom is -0.488 e. The van der Waals surface area contributed by atoms with Crippen LogP contribution in [-0.2, 0) is 6.61 Å². The smallest absolute Gasteiger partial charge is 0.125 e. The molecule has 20 heavy (non-hydrogen) atoms. The molecule has 2 aromatic carbocycles. The SMILES string of the molecule is Cc1cccc(C)c1COc1ccc(F)cc1[C@H](C)O. The number of ether oxygens (including phenoxy) is 1. The lowest BCUT2D eigenvalue weighted by atomic mass is 10.0. The number of aryl methyl sites for hydroxylation is 2. The fourth-order valence-electron chi connectivity index (χ4n) is 2.20. The second-order valence-electron chi connectivity index (χ2n) is 5.02. The van der Waals surface area contributed by atoms with Gasteiger partial charge in [0.1, 0.15) is 18.2 Å². The number of hydrogen-bond acceptors (Lipinski definition) is 2. The second kappa shape index (κ2) is 6.06. The number of hydrogen-bond donors (Lipinski definition) is 1. The van der Waals surface area contributed by atoms with Crippen molar-refractivity contribution < 1.29 is 14.2 Å². The van der Waals surface area contributed by atoms with E-state index in [9.17, 15) is 9.50 Å². The molecule has 0 aromatic heterocycles. The van der Waals surface area contributed by atoms with E-state index in [1.165, 1.54) is 12.1 Å². The summed E-state index contributed by atoms with van der Waals surface area (Å²) in [4.78, 5) is 0. The quantitative estimate of drug-likeness (QED) is 0.910. The summed E-state index contributed by atoms with van der Waals surface area (Å²) in [5.41, 5.74) is 3.90. The van der Waals surface area contributed by atoms with Gasteiger partial charge in [0.25, 0.3) is 0 Å². The fraction of sp³-hybridized carbons (Fsp3) is 0.294. The van der Waals surface area contributed by atoms with Crippen LogP contribution in [0.4, 0.5) is 4.39 Å². The first kappa shape index (κ1) is 14.5. The van der Waals surface area contributed by atoms with Crippen molar-refractivity contribution in [2.24, 2.45) is 0 Å². The van der Waals surface area contributed by atoms with Gasteiger partial charge >= 0.3 is 0 Å². The number of halogens is 1. The Morgan fingerprint density at radius 2 is 1.80 bits per heavy atom. The molecule has 1 N–H and O–H groups in total. The maximum Gasteiger partial charge on any atom is 0.125 e. The van der Waals surface area contributed by atoms with Gasteiger partial charge in [0, 0.05) is 5.56 Å². The zero-order chi connectivity index (χ0) is 14.7. The van der Waals surface area contributed by atoms with Crippen LogP contribution in [0.5, 0.6) is 5.75 Å². The third kappa shape index (κ3) is 3.17. The summed E-state index contributed by atoms with van der Waals surface area (Å²) >= 11 is 0. The van der Waals surface area contributed by atoms with Crippen LogP contribution in [0.1, 0.15) is 35.3 Å². The molecule has 3 heteroatoms. The Bertz CT molecular complexity index is 586. The van der Waals surface area contributed by atoms with E-state index >= 15 is 0 Å². The van der Waals surface area contributed by atoms with Gasteiger partial charge in [-0.05, 0) is 55.7 Å². The van der Waals surface area contributed by atoms with Crippen LogP contribution >= 0.6 is 0 Å². The molecular formula is C17H19FO2. The summed E-state index contributed by atoms with van der Waals surface area (Å²) in [5.74, 6) is 0.143. The van der Waals surface area contributed by atoms with Gasteiger partial charge in [0.05, 0.1) is 6.10 Å². The molecule has 0 heterocycles. The monoisotopic (exact) mass is 274 g/mol. The molecule has 0 aliphatic rings. The number of rotatable bonds is 4. The van der Waals surface area contributed by atoms with Gasteiger partial charge in [-0.3, -0.25) is 0 Å². The predicted octanol–water partition coefficient (Wildman–Crippen LogP) is 4.07. The van der Waals surface area contributed by atoms with E-state index < -0.39 is 6.10 Å². The van der Waals surface area contributed by atoms with Gasteiger partial charge in [-0.2, -0.15) is 0 Å². The first-order valence-corrected chi connectivity index (χ1v) is 6.64. The highest BCUT2D eigenvalue weighted by atomic mass is 19.1. The molecule has 0 bridgehead atoms. The number of benzene rings is 2. The fourth-order valence-corrected chi connectivity index (χ4v) is 2.20. The predicted molar refractivity (Wildman–Crippen MR) is 77.3 cm³/mol. The van der Waals surface area contributed by atoms with Gasteiger partial charge in [-0.15, -0.1) is 0 Å². The van der Waals surface area contributed by atoms with Crippen molar-refractivity contribution in [1.29, 1.82) is 0 Å². The third-order valence-electron chi connectivity index (χ3n) is 3.44. The molecule has 0 radical (unpaired) electrons. The molecule has 0 amide bonds. The molecule has 106 valence electrons. The molecule has 0 spiro atoms. The lowest BCUT2D eigenvalue weighted by Gasteiger charge is -2.15. The number of aliphatic hydroxyl groups excluding tert-OH is 1. The molecule has 0 saturated heterocycles. The first-order valence-electron chi connectivity index (χ1n) is 6.64. The van der Waals surface area contributed by atoms with E-state index in [0.29, 0.717) is 17.9 Å². The first-order chi connectivity index (χ1) is 9.49. The number of aliphatic hydroxyl groups is 1. The summed E-state index contributed by atoms with van der Waals surface area (Å²) < 4.78 is 19.0. The van der Waals surface area contributed by atoms with Crippen LogP contribution in [0.25, 0.3) is 0 Å².